The summed E-state index contributed by atoms with van der Waals surface area (Å²) in [6, 6.07) is 10.9. The fraction of sp³-hybridized carbons (Fsp3) is 0.250. The van der Waals surface area contributed by atoms with Gasteiger partial charge in [0.05, 0.1) is 15.9 Å². The Morgan fingerprint density at radius 3 is 2.73 bits per heavy atom. The second-order valence-corrected chi connectivity index (χ2v) is 7.78. The Morgan fingerprint density at radius 1 is 1.27 bits per heavy atom. The molecule has 0 saturated heterocycles. The molecule has 156 valence electrons. The molecule has 2 aromatic carbocycles. The van der Waals surface area contributed by atoms with Crippen molar-refractivity contribution in [1.82, 2.24) is 10.3 Å². The van der Waals surface area contributed by atoms with E-state index in [2.05, 4.69) is 20.4 Å². The molecule has 30 heavy (non-hydrogen) atoms. The number of ether oxygens (including phenoxy) is 1. The number of fused-ring (bicyclic) bond motifs is 2. The first-order valence-corrected chi connectivity index (χ1v) is 9.85. The lowest BCUT2D eigenvalue weighted by molar-refractivity contribution is -0.207. The molecule has 1 atom stereocenters. The Balaban J connectivity index is 1.79. The average molecular weight is 435 g/mol. The molecule has 10 heteroatoms. The molecule has 4 rings (SSSR count). The van der Waals surface area contributed by atoms with Crippen LogP contribution in [0.4, 0.5) is 18.9 Å². The Labute approximate surface area is 173 Å². The minimum absolute atomic E-state index is 0.335. The first-order valence-electron chi connectivity index (χ1n) is 9.04. The second-order valence-electron chi connectivity index (χ2n) is 6.75. The second kappa shape index (κ2) is 7.69. The summed E-state index contributed by atoms with van der Waals surface area (Å²) in [5, 5.41) is 6.15. The van der Waals surface area contributed by atoms with Crippen molar-refractivity contribution in [2.75, 3.05) is 11.9 Å². The molecule has 1 aliphatic heterocycles. The Bertz CT molecular complexity index is 1110. The van der Waals surface area contributed by atoms with Gasteiger partial charge in [-0.25, -0.2) is 9.78 Å². The van der Waals surface area contributed by atoms with E-state index in [1.807, 2.05) is 24.3 Å². The molecule has 1 aliphatic rings. The molecule has 0 spiro atoms. The molecule has 0 saturated carbocycles. The summed E-state index contributed by atoms with van der Waals surface area (Å²) in [5.41, 5.74) is 2.94. The lowest BCUT2D eigenvalue weighted by atomic mass is 9.95. The predicted octanol–water partition coefficient (Wildman–Crippen LogP) is 4.17. The van der Waals surface area contributed by atoms with Gasteiger partial charge in [0.2, 0.25) is 5.91 Å². The van der Waals surface area contributed by atoms with Gasteiger partial charge >= 0.3 is 12.1 Å². The summed E-state index contributed by atoms with van der Waals surface area (Å²) in [4.78, 5) is 27.7. The standard InChI is InChI=1S/C20H16F3N3O3S/c1-10(27)25-15-9-12-11(6-7-24-17(12)29-19(28)20(21,22)23)8-13(15)18-26-14-4-2-3-5-16(14)30-18/h2-5,8-9,17,24H,6-7H2,1H3,(H,25,27). The van der Waals surface area contributed by atoms with Gasteiger partial charge in [-0.2, -0.15) is 13.2 Å². The molecule has 1 unspecified atom stereocenters. The maximum Gasteiger partial charge on any atom is 0.490 e. The van der Waals surface area contributed by atoms with Crippen LogP contribution in [-0.4, -0.2) is 29.6 Å². The number of rotatable bonds is 3. The number of hydrogen-bond acceptors (Lipinski definition) is 6. The maximum atomic E-state index is 12.7. The molecule has 1 aromatic heterocycles. The maximum absolute atomic E-state index is 12.7. The quantitative estimate of drug-likeness (QED) is 0.604. The largest absolute Gasteiger partial charge is 0.490 e. The van der Waals surface area contributed by atoms with Crippen LogP contribution in [0.1, 0.15) is 24.3 Å². The number of thiazole rings is 1. The molecule has 0 radical (unpaired) electrons. The van der Waals surface area contributed by atoms with Crippen molar-refractivity contribution in [2.24, 2.45) is 0 Å². The summed E-state index contributed by atoms with van der Waals surface area (Å²) in [6.45, 7) is 1.67. The van der Waals surface area contributed by atoms with Crippen molar-refractivity contribution < 1.29 is 27.5 Å². The van der Waals surface area contributed by atoms with Crippen LogP contribution in [0, 0.1) is 0 Å². The summed E-state index contributed by atoms with van der Waals surface area (Å²) in [7, 11) is 0. The fourth-order valence-electron chi connectivity index (χ4n) is 3.31. The van der Waals surface area contributed by atoms with Crippen molar-refractivity contribution in [1.29, 1.82) is 0 Å². The number of para-hydroxylation sites is 1. The molecule has 2 heterocycles. The third-order valence-corrected chi connectivity index (χ3v) is 5.65. The number of halogens is 3. The number of carbonyl (C=O) groups is 2. The summed E-state index contributed by atoms with van der Waals surface area (Å²) in [5.74, 6) is -2.62. The zero-order valence-electron chi connectivity index (χ0n) is 15.7. The first kappa shape index (κ1) is 20.3. The first-order chi connectivity index (χ1) is 14.2. The molecule has 0 aliphatic carbocycles. The zero-order chi connectivity index (χ0) is 21.5. The van der Waals surface area contributed by atoms with Gasteiger partial charge in [0, 0.05) is 24.6 Å². The number of esters is 1. The van der Waals surface area contributed by atoms with Gasteiger partial charge in [-0.1, -0.05) is 12.1 Å². The van der Waals surface area contributed by atoms with Crippen LogP contribution in [0.15, 0.2) is 36.4 Å². The van der Waals surface area contributed by atoms with Gasteiger partial charge in [-0.3, -0.25) is 10.1 Å². The van der Waals surface area contributed by atoms with Crippen LogP contribution in [0.25, 0.3) is 20.8 Å². The lowest BCUT2D eigenvalue weighted by Crippen LogP contribution is -2.37. The molecular formula is C20H16F3N3O3S. The normalized spacial score (nSPS) is 16.2. The van der Waals surface area contributed by atoms with E-state index in [0.29, 0.717) is 34.8 Å². The Kier molecular flexibility index (Phi) is 5.20. The number of hydrogen-bond donors (Lipinski definition) is 2. The molecule has 0 bridgehead atoms. The summed E-state index contributed by atoms with van der Waals surface area (Å²) in [6.07, 6.45) is -5.84. The number of anilines is 1. The van der Waals surface area contributed by atoms with E-state index in [4.69, 9.17) is 0 Å². The van der Waals surface area contributed by atoms with Crippen molar-refractivity contribution in [3.63, 3.8) is 0 Å². The molecular weight excluding hydrogens is 419 g/mol. The van der Waals surface area contributed by atoms with E-state index >= 15 is 0 Å². The topological polar surface area (TPSA) is 80.3 Å². The van der Waals surface area contributed by atoms with E-state index in [0.717, 1.165) is 15.8 Å². The number of carbonyl (C=O) groups excluding carboxylic acids is 2. The highest BCUT2D eigenvalue weighted by atomic mass is 32.1. The van der Waals surface area contributed by atoms with Gasteiger partial charge in [0.25, 0.3) is 0 Å². The van der Waals surface area contributed by atoms with E-state index in [-0.39, 0.29) is 5.91 Å². The minimum Gasteiger partial charge on any atom is -0.436 e. The number of nitrogens with zero attached hydrogens (tertiary/aromatic N) is 1. The van der Waals surface area contributed by atoms with Crippen molar-refractivity contribution in [3.05, 3.63) is 47.5 Å². The lowest BCUT2D eigenvalue weighted by Gasteiger charge is -2.28. The SMILES string of the molecule is CC(=O)Nc1cc2c(cc1-c1nc3ccccc3s1)CCNC2OC(=O)C(F)(F)F. The summed E-state index contributed by atoms with van der Waals surface area (Å²) < 4.78 is 43.6. The predicted molar refractivity (Wildman–Crippen MR) is 106 cm³/mol. The van der Waals surface area contributed by atoms with Gasteiger partial charge < -0.3 is 10.1 Å². The number of nitrogens with one attached hydrogen (secondary N) is 2. The van der Waals surface area contributed by atoms with Crippen LogP contribution in [-0.2, 0) is 20.7 Å². The van der Waals surface area contributed by atoms with Crippen LogP contribution < -0.4 is 10.6 Å². The molecule has 0 fully saturated rings. The molecule has 3 aromatic rings. The van der Waals surface area contributed by atoms with Crippen molar-refractivity contribution in [2.45, 2.75) is 25.7 Å². The highest BCUT2D eigenvalue weighted by Crippen LogP contribution is 2.39. The molecule has 6 nitrogen and oxygen atoms in total. The van der Waals surface area contributed by atoms with Crippen LogP contribution in [0.2, 0.25) is 0 Å². The number of aromatic nitrogens is 1. The van der Waals surface area contributed by atoms with Crippen LogP contribution >= 0.6 is 11.3 Å². The van der Waals surface area contributed by atoms with E-state index < -0.39 is 18.4 Å². The summed E-state index contributed by atoms with van der Waals surface area (Å²) >= 11 is 1.44. The van der Waals surface area contributed by atoms with Crippen molar-refractivity contribution >= 4 is 39.1 Å². The van der Waals surface area contributed by atoms with Gasteiger partial charge in [0.15, 0.2) is 6.23 Å². The average Bonchev–Trinajstić information content (AvgIpc) is 3.10. The smallest absolute Gasteiger partial charge is 0.436 e. The van der Waals surface area contributed by atoms with Crippen molar-refractivity contribution in [3.8, 4) is 10.6 Å². The Hall–Kier alpha value is -2.98. The van der Waals surface area contributed by atoms with Crippen LogP contribution in [0.3, 0.4) is 0 Å². The third-order valence-electron chi connectivity index (χ3n) is 4.58. The fourth-order valence-corrected chi connectivity index (χ4v) is 4.30. The highest BCUT2D eigenvalue weighted by molar-refractivity contribution is 7.21. The minimum atomic E-state index is -5.10. The number of amides is 1. The number of alkyl halides is 3. The third kappa shape index (κ3) is 4.01. The van der Waals surface area contributed by atoms with E-state index in [1.165, 1.54) is 18.3 Å². The molecule has 1 amide bonds. The van der Waals surface area contributed by atoms with Gasteiger partial charge in [-0.05, 0) is 36.2 Å². The van der Waals surface area contributed by atoms with E-state index in [1.54, 1.807) is 12.1 Å². The van der Waals surface area contributed by atoms with Crippen LogP contribution in [0.5, 0.6) is 0 Å². The Morgan fingerprint density at radius 2 is 2.03 bits per heavy atom. The number of benzene rings is 2. The van der Waals surface area contributed by atoms with E-state index in [9.17, 15) is 22.8 Å². The van der Waals surface area contributed by atoms with Gasteiger partial charge in [0.1, 0.15) is 5.01 Å². The molecule has 2 N–H and O–H groups in total. The monoisotopic (exact) mass is 435 g/mol. The van der Waals surface area contributed by atoms with Gasteiger partial charge in [-0.15, -0.1) is 11.3 Å². The zero-order valence-corrected chi connectivity index (χ0v) is 16.5. The highest BCUT2D eigenvalue weighted by Gasteiger charge is 2.43.